The minimum absolute atomic E-state index is 0.0279. The molecule has 15 N–H and O–H groups in total. The summed E-state index contributed by atoms with van der Waals surface area (Å²) in [7, 11) is 3.75. The number of amides is 3. The van der Waals surface area contributed by atoms with Crippen molar-refractivity contribution in [3.8, 4) is 0 Å². The number of aromatic nitrogens is 8. The molecule has 14 rings (SSSR count). The minimum atomic E-state index is -1.66. The van der Waals surface area contributed by atoms with Crippen LogP contribution >= 0.6 is 0 Å². The molecule has 6 saturated heterocycles. The van der Waals surface area contributed by atoms with Crippen LogP contribution in [0, 0.1) is 53.3 Å². The van der Waals surface area contributed by atoms with Crippen LogP contribution in [0.15, 0.2) is 73.2 Å². The van der Waals surface area contributed by atoms with Gasteiger partial charge in [-0.3, -0.25) is 19.2 Å². The van der Waals surface area contributed by atoms with E-state index in [1.54, 1.807) is 48.5 Å². The topological polar surface area (TPSA) is 529 Å². The highest BCUT2D eigenvalue weighted by molar-refractivity contribution is 5.95. The Kier molecular flexibility index (Phi) is 31.7. The van der Waals surface area contributed by atoms with Gasteiger partial charge in [0.05, 0.1) is 105 Å². The largest absolute Gasteiger partial charge is 0.390 e. The van der Waals surface area contributed by atoms with E-state index in [-0.39, 0.29) is 80.6 Å². The maximum absolute atomic E-state index is 15.8. The summed E-state index contributed by atoms with van der Waals surface area (Å²) in [5, 5.41) is 165. The number of nitrogens with one attached hydrogen (secondary N) is 3. The summed E-state index contributed by atoms with van der Waals surface area (Å²) in [5.74, 6) is -7.97. The normalized spacial score (nSPS) is 39.1. The molecule has 0 bridgehead atoms. The van der Waals surface area contributed by atoms with Crippen LogP contribution < -0.4 is 16.0 Å². The number of Topliss-reactive ketones (excluding diaryl/α,β-unsaturated/α-hetero) is 1. The van der Waals surface area contributed by atoms with Gasteiger partial charge in [-0.25, -0.2) is 9.36 Å². The molecule has 2 saturated carbocycles. The number of hydrogen-bond donors (Lipinski definition) is 15. The van der Waals surface area contributed by atoms with Gasteiger partial charge in [-0.1, -0.05) is 123 Å². The molecule has 18 unspecified atom stereocenters. The molecule has 40 atom stereocenters. The molecule has 6 aliphatic heterocycles. The third kappa shape index (κ3) is 21.4. The van der Waals surface area contributed by atoms with Gasteiger partial charge in [-0.05, 0) is 91.8 Å². The molecular weight excluding hydrogens is 1680 g/mol. The van der Waals surface area contributed by atoms with Gasteiger partial charge >= 0.3 is 0 Å². The van der Waals surface area contributed by atoms with E-state index < -0.39 is 250 Å². The highest BCUT2D eigenvalue weighted by Gasteiger charge is 2.57. The van der Waals surface area contributed by atoms with Gasteiger partial charge in [0.25, 0.3) is 0 Å². The van der Waals surface area contributed by atoms with E-state index in [2.05, 4.69) is 36.6 Å². The molecule has 0 radical (unpaired) electrons. The SMILES string of the molecule is CCC1O[C@@H](O[C@H]2C(C)C[C@@H](C)C(O)[C@H]2O[C@@H]2O[C@H](Cn3cc(CC(NC(=O)C(C)Cc4cc5ccccc5n4C)C(=O)NC(Cc4cn(C[C@H]5O[C@@H](O[C@@H]6C(O)[C@H](C)CC(C)[C@@H]6O[C@@H]6OC(CC)[C@H](O)C(O)[C@H]6C)C(O)[C@H]5O[C@H]5OC[C@@H](O)C(O)C5C)nn4)C(=O)NC(Cc4cn(C)c5ccccc45)C(C)=O)nn3)[C@H](O[C@H]3OC[C@@H](O)C(O)C3C)C2O)[C@H](C)C(O)[C@H]1O. The predicted octanol–water partition coefficient (Wildman–Crippen LogP) is -0.227. The number of carbonyl (C=O) groups excluding carboxylic acids is 4. The van der Waals surface area contributed by atoms with Crippen molar-refractivity contribution in [2.75, 3.05) is 13.2 Å². The summed E-state index contributed by atoms with van der Waals surface area (Å²) in [6.07, 6.45) is -28.2. The van der Waals surface area contributed by atoms with E-state index in [1.165, 1.54) is 28.7 Å². The Bertz CT molecular complexity index is 4730. The van der Waals surface area contributed by atoms with Crippen molar-refractivity contribution in [1.29, 1.82) is 0 Å². The number of nitrogens with zero attached hydrogens (tertiary/aromatic N) is 8. The van der Waals surface area contributed by atoms with Crippen molar-refractivity contribution in [2.24, 2.45) is 67.4 Å². The van der Waals surface area contributed by atoms with E-state index in [9.17, 15) is 66.1 Å². The molecular formula is C90H133N11O28. The Labute approximate surface area is 748 Å². The lowest BCUT2D eigenvalue weighted by molar-refractivity contribution is -0.325. The highest BCUT2D eigenvalue weighted by atomic mass is 16.8. The number of fused-ring (bicyclic) bond motifs is 2. The third-order valence-corrected chi connectivity index (χ3v) is 28.1. The average Bonchev–Trinajstić information content (AvgIpc) is 1.72. The number of aliphatic hydroxyl groups excluding tert-OH is 12. The molecule has 8 fully saturated rings. The van der Waals surface area contributed by atoms with Crippen molar-refractivity contribution in [2.45, 2.75) is 338 Å². The van der Waals surface area contributed by atoms with Crippen LogP contribution in [-0.4, -0.2) is 327 Å². The van der Waals surface area contributed by atoms with E-state index in [0.717, 1.165) is 33.1 Å². The van der Waals surface area contributed by atoms with E-state index in [0.29, 0.717) is 25.7 Å². The first-order chi connectivity index (χ1) is 61.4. The fraction of sp³-hybridized carbons (Fsp3) is 0.733. The maximum Gasteiger partial charge on any atom is 0.243 e. The number of aliphatic hydroxyl groups is 12. The van der Waals surface area contributed by atoms with Gasteiger partial charge in [0.15, 0.2) is 43.5 Å². The summed E-state index contributed by atoms with van der Waals surface area (Å²) in [6, 6.07) is 12.9. The molecule has 2 aliphatic carbocycles. The number of rotatable bonds is 33. The molecule has 2 aromatic carbocycles. The number of benzene rings is 2. The van der Waals surface area contributed by atoms with E-state index in [4.69, 9.17) is 56.8 Å². The second-order valence-electron chi connectivity index (χ2n) is 37.8. The molecule has 10 heterocycles. The molecule has 8 aliphatic rings. The molecule has 4 aromatic heterocycles. The number of ether oxygens (including phenoxy) is 12. The Morgan fingerprint density at radius 1 is 0.442 bits per heavy atom. The average molecular weight is 1820 g/mol. The lowest BCUT2D eigenvalue weighted by atomic mass is 9.77. The molecule has 0 spiro atoms. The summed E-state index contributed by atoms with van der Waals surface area (Å²) in [5.41, 5.74) is 3.54. The van der Waals surface area contributed by atoms with Gasteiger partial charge in [-0.2, -0.15) is 0 Å². The second-order valence-corrected chi connectivity index (χ2v) is 37.8. The van der Waals surface area contributed by atoms with Gasteiger partial charge < -0.3 is 143 Å². The van der Waals surface area contributed by atoms with Crippen LogP contribution in [0.3, 0.4) is 0 Å². The number of carbonyl (C=O) groups is 4. The van der Waals surface area contributed by atoms with Crippen LogP contribution in [0.5, 0.6) is 0 Å². The first-order valence-corrected chi connectivity index (χ1v) is 45.6. The van der Waals surface area contributed by atoms with Crippen molar-refractivity contribution < 1.29 is 137 Å². The first kappa shape index (κ1) is 97.9. The third-order valence-electron chi connectivity index (χ3n) is 28.1. The standard InChI is InChI=1S/C90H133N11O28/c1-15-62-72(111)70(109)46(10)87(120-62)124-76-41(5)25-39(3)66(105)80(76)128-89-74(113)78(126-85-44(8)68(107)60(103)37-118-85)64(122-89)35-100-33-51(94-96-100)30-56(92-82(115)43(7)27-53-28-49-21-17-19-23-58(49)99(53)14)84(117)93-57(83(116)91-55(48(12)102)29-50-32-98(13)59-24-20-18-22-54(50)59)31-52-34-101(97-95-52)36-65-79(127-86-45(9)69(108)61(104)38-119-86)75(114)90(123-65)129-81-67(106)40(4)26-42(6)77(81)125-88-47(11)71(110)73(112)63(16-2)121-88/h17-24,28,32-34,39-47,55-57,60-81,85-90,103-114H,15-16,25-27,29-31,35-38H2,1-14H3,(H,91,116)(H,92,115)(H,93,117)/t39-,40-,41?,42?,43?,44?,45?,46-,47-,55?,56?,57?,60-,61-,62?,63?,64-,65-,66?,67?,68?,69?,70?,71?,72+,73+,74?,75?,76+,77+,78+,79+,80-,81-,85-,86-,87+,88+,89+,90+/m1/s1. The summed E-state index contributed by atoms with van der Waals surface area (Å²) in [4.78, 5) is 60.3. The first-order valence-electron chi connectivity index (χ1n) is 45.6. The van der Waals surface area contributed by atoms with Gasteiger partial charge in [0.2, 0.25) is 17.7 Å². The summed E-state index contributed by atoms with van der Waals surface area (Å²) >= 11 is 0. The van der Waals surface area contributed by atoms with Crippen LogP contribution in [0.4, 0.5) is 0 Å². The second kappa shape index (κ2) is 41.8. The number of ketones is 1. The zero-order chi connectivity index (χ0) is 92.7. The fourth-order valence-electron chi connectivity index (χ4n) is 19.9. The van der Waals surface area contributed by atoms with E-state index >= 15 is 14.4 Å². The monoisotopic (exact) mass is 1820 g/mol. The van der Waals surface area contributed by atoms with Gasteiger partial charge in [0, 0.05) is 104 Å². The minimum Gasteiger partial charge on any atom is -0.390 e. The molecule has 6 aromatic rings. The van der Waals surface area contributed by atoms with Crippen molar-refractivity contribution >= 4 is 45.3 Å². The number of para-hydroxylation sites is 2. The molecule has 3 amide bonds. The quantitative estimate of drug-likeness (QED) is 0.0253. The highest BCUT2D eigenvalue weighted by Crippen LogP contribution is 2.44. The zero-order valence-electron chi connectivity index (χ0n) is 75.5. The summed E-state index contributed by atoms with van der Waals surface area (Å²) < 4.78 is 83.9. The van der Waals surface area contributed by atoms with Crippen LogP contribution in [0.25, 0.3) is 21.8 Å². The lowest BCUT2D eigenvalue weighted by Gasteiger charge is -2.47. The number of hydrogen-bond acceptors (Lipinski definition) is 32. The smallest absolute Gasteiger partial charge is 0.243 e. The Hall–Kier alpha value is -7.08. The molecule has 129 heavy (non-hydrogen) atoms. The van der Waals surface area contributed by atoms with Crippen LogP contribution in [0.2, 0.25) is 0 Å². The Morgan fingerprint density at radius 2 is 0.853 bits per heavy atom. The Balaban J connectivity index is 0.756. The molecule has 39 heteroatoms. The molecule has 716 valence electrons. The van der Waals surface area contributed by atoms with E-state index in [1.807, 2.05) is 112 Å². The maximum atomic E-state index is 15.8. The van der Waals surface area contributed by atoms with Crippen LogP contribution in [-0.2, 0) is 129 Å². The van der Waals surface area contributed by atoms with Gasteiger partial charge in [0.1, 0.15) is 85.3 Å². The summed E-state index contributed by atoms with van der Waals surface area (Å²) in [6.45, 7) is 19.6. The number of aryl methyl sites for hydroxylation is 2. The molecule has 39 nitrogen and oxygen atoms in total. The zero-order valence-corrected chi connectivity index (χ0v) is 75.5. The Morgan fingerprint density at radius 3 is 1.31 bits per heavy atom. The van der Waals surface area contributed by atoms with Gasteiger partial charge in [-0.15, -0.1) is 10.2 Å². The predicted molar refractivity (Wildman–Crippen MR) is 455 cm³/mol. The van der Waals surface area contributed by atoms with Crippen molar-refractivity contribution in [1.82, 2.24) is 55.1 Å². The fourth-order valence-corrected chi connectivity index (χ4v) is 19.9. The van der Waals surface area contributed by atoms with Crippen LogP contribution in [0.1, 0.15) is 131 Å². The van der Waals surface area contributed by atoms with Crippen molar-refractivity contribution in [3.05, 3.63) is 95.8 Å². The lowest BCUT2D eigenvalue weighted by Crippen LogP contribution is -2.59. The van der Waals surface area contributed by atoms with Crippen molar-refractivity contribution in [3.63, 3.8) is 0 Å².